The Hall–Kier alpha value is -3.56. The molecular formula is C37H49N3O5. The number of nitrogens with one attached hydrogen (secondary N) is 2. The number of likely N-dealkylation sites (N-methyl/N-ethyl adjacent to an activating group) is 1. The van der Waals surface area contributed by atoms with Crippen LogP contribution >= 0.6 is 0 Å². The Morgan fingerprint density at radius 2 is 1.53 bits per heavy atom. The van der Waals surface area contributed by atoms with Crippen molar-refractivity contribution in [3.05, 3.63) is 107 Å². The van der Waals surface area contributed by atoms with Gasteiger partial charge in [0.05, 0.1) is 18.8 Å². The minimum Gasteiger partial charge on any atom is -0.392 e. The highest BCUT2D eigenvalue weighted by Gasteiger charge is 2.39. The normalized spacial score (nSPS) is 20.5. The number of nitrogens with zero attached hydrogens (tertiary/aromatic N) is 1. The van der Waals surface area contributed by atoms with Gasteiger partial charge in [0.25, 0.3) is 0 Å². The number of ether oxygens (including phenoxy) is 2. The second kappa shape index (κ2) is 17.2. The minimum atomic E-state index is -0.546. The van der Waals surface area contributed by atoms with Crippen LogP contribution in [0.1, 0.15) is 92.7 Å². The van der Waals surface area contributed by atoms with Crippen molar-refractivity contribution in [1.29, 1.82) is 0 Å². The third-order valence-electron chi connectivity index (χ3n) is 8.73. The van der Waals surface area contributed by atoms with Gasteiger partial charge in [-0.25, -0.2) is 0 Å². The molecule has 5 atom stereocenters. The lowest BCUT2D eigenvalue weighted by molar-refractivity contribution is -0.276. The first-order valence-corrected chi connectivity index (χ1v) is 16.1. The van der Waals surface area contributed by atoms with E-state index in [2.05, 4.69) is 60.7 Å². The Morgan fingerprint density at radius 1 is 0.867 bits per heavy atom. The maximum absolute atomic E-state index is 12.3. The van der Waals surface area contributed by atoms with Crippen LogP contribution in [0.4, 0.5) is 0 Å². The lowest BCUT2D eigenvalue weighted by atomic mass is 9.89. The van der Waals surface area contributed by atoms with Crippen LogP contribution in [-0.2, 0) is 32.2 Å². The first kappa shape index (κ1) is 34.3. The number of amides is 2. The van der Waals surface area contributed by atoms with Gasteiger partial charge >= 0.3 is 0 Å². The Morgan fingerprint density at radius 3 is 2.20 bits per heavy atom. The summed E-state index contributed by atoms with van der Waals surface area (Å²) in [7, 11) is 2.14. The minimum absolute atomic E-state index is 0.00459. The summed E-state index contributed by atoms with van der Waals surface area (Å²) in [6.45, 7) is 7.76. The van der Waals surface area contributed by atoms with Gasteiger partial charge < -0.3 is 25.2 Å². The number of benzene rings is 3. The van der Waals surface area contributed by atoms with E-state index in [-0.39, 0.29) is 42.6 Å². The van der Waals surface area contributed by atoms with Gasteiger partial charge in [-0.05, 0) is 49.1 Å². The zero-order valence-electron chi connectivity index (χ0n) is 27.1. The lowest BCUT2D eigenvalue weighted by Gasteiger charge is -2.43. The highest BCUT2D eigenvalue weighted by atomic mass is 16.7. The van der Waals surface area contributed by atoms with E-state index in [1.54, 1.807) is 0 Å². The standard InChI is InChI=1S/C37H49N3O5/c1-26-34(24-40(4)27(2)31-11-7-5-8-12-31)44-37(45-36(26)32-18-16-30(25-41)17-19-32)33-20-14-29(15-21-33)23-39-35(43)13-9-6-10-22-38-28(3)42/h5,7-8,11-12,14-21,26-27,34,36-37,41H,6,9-10,13,22-25H2,1-4H3,(H,38,42)(H,39,43). The van der Waals surface area contributed by atoms with Crippen LogP contribution in [0.25, 0.3) is 0 Å². The molecule has 1 heterocycles. The molecule has 5 unspecified atom stereocenters. The number of carbonyl (C=O) groups is 2. The third kappa shape index (κ3) is 10.2. The molecule has 3 N–H and O–H groups in total. The van der Waals surface area contributed by atoms with E-state index >= 15 is 0 Å². The quantitative estimate of drug-likeness (QED) is 0.182. The highest BCUT2D eigenvalue weighted by Crippen LogP contribution is 2.42. The summed E-state index contributed by atoms with van der Waals surface area (Å²) in [5, 5.41) is 15.3. The summed E-state index contributed by atoms with van der Waals surface area (Å²) >= 11 is 0. The molecular weight excluding hydrogens is 566 g/mol. The van der Waals surface area contributed by atoms with Gasteiger partial charge in [0.2, 0.25) is 11.8 Å². The summed E-state index contributed by atoms with van der Waals surface area (Å²) < 4.78 is 13.3. The molecule has 0 aliphatic carbocycles. The molecule has 45 heavy (non-hydrogen) atoms. The molecule has 1 fully saturated rings. The zero-order chi connectivity index (χ0) is 32.2. The number of aliphatic hydroxyl groups excluding tert-OH is 1. The number of rotatable bonds is 15. The molecule has 3 aromatic rings. The SMILES string of the molecule is CC(=O)NCCCCCC(=O)NCc1ccc(C2OC(CN(C)C(C)c3ccccc3)C(C)C(c3ccc(CO)cc3)O2)cc1. The van der Waals surface area contributed by atoms with E-state index in [9.17, 15) is 14.7 Å². The Balaban J connectivity index is 1.39. The zero-order valence-corrected chi connectivity index (χ0v) is 27.1. The van der Waals surface area contributed by atoms with Gasteiger partial charge in [-0.1, -0.05) is 92.2 Å². The molecule has 4 rings (SSSR count). The first-order valence-electron chi connectivity index (χ1n) is 16.1. The number of hydrogen-bond acceptors (Lipinski definition) is 6. The van der Waals surface area contributed by atoms with Crippen molar-refractivity contribution >= 4 is 11.8 Å². The lowest BCUT2D eigenvalue weighted by Crippen LogP contribution is -2.44. The maximum Gasteiger partial charge on any atom is 0.220 e. The second-order valence-electron chi connectivity index (χ2n) is 12.2. The molecule has 0 aromatic heterocycles. The molecule has 0 spiro atoms. The number of carbonyl (C=O) groups excluding carboxylic acids is 2. The molecule has 1 aliphatic heterocycles. The average molecular weight is 616 g/mol. The van der Waals surface area contributed by atoms with Crippen molar-refractivity contribution in [2.75, 3.05) is 20.1 Å². The Kier molecular flexibility index (Phi) is 13.1. The Bertz CT molecular complexity index is 1330. The van der Waals surface area contributed by atoms with Crippen molar-refractivity contribution in [3.63, 3.8) is 0 Å². The van der Waals surface area contributed by atoms with E-state index in [0.717, 1.165) is 48.1 Å². The van der Waals surface area contributed by atoms with E-state index in [1.807, 2.05) is 54.6 Å². The monoisotopic (exact) mass is 615 g/mol. The molecule has 8 nitrogen and oxygen atoms in total. The summed E-state index contributed by atoms with van der Waals surface area (Å²) in [4.78, 5) is 25.6. The van der Waals surface area contributed by atoms with Crippen LogP contribution in [-0.4, -0.2) is 48.1 Å². The highest BCUT2D eigenvalue weighted by molar-refractivity contribution is 5.75. The van der Waals surface area contributed by atoms with Crippen molar-refractivity contribution in [1.82, 2.24) is 15.5 Å². The first-order chi connectivity index (χ1) is 21.7. The predicted octanol–water partition coefficient (Wildman–Crippen LogP) is 5.98. The number of hydrogen-bond donors (Lipinski definition) is 3. The molecule has 0 bridgehead atoms. The smallest absolute Gasteiger partial charge is 0.220 e. The average Bonchev–Trinajstić information content (AvgIpc) is 3.06. The third-order valence-corrected chi connectivity index (χ3v) is 8.73. The molecule has 242 valence electrons. The molecule has 3 aromatic carbocycles. The topological polar surface area (TPSA) is 100 Å². The maximum atomic E-state index is 12.3. The summed E-state index contributed by atoms with van der Waals surface area (Å²) in [6.07, 6.45) is 2.23. The summed E-state index contributed by atoms with van der Waals surface area (Å²) in [6, 6.07) is 26.8. The fourth-order valence-electron chi connectivity index (χ4n) is 5.69. The van der Waals surface area contributed by atoms with Crippen LogP contribution in [0.2, 0.25) is 0 Å². The molecule has 0 radical (unpaired) electrons. The van der Waals surface area contributed by atoms with Gasteiger partial charge in [-0.2, -0.15) is 0 Å². The molecule has 1 aliphatic rings. The van der Waals surface area contributed by atoms with Crippen molar-refractivity contribution in [3.8, 4) is 0 Å². The summed E-state index contributed by atoms with van der Waals surface area (Å²) in [5.41, 5.74) is 5.12. The number of unbranched alkanes of at least 4 members (excludes halogenated alkanes) is 2. The van der Waals surface area contributed by atoms with Crippen LogP contribution in [0, 0.1) is 5.92 Å². The van der Waals surface area contributed by atoms with E-state index < -0.39 is 6.29 Å². The largest absolute Gasteiger partial charge is 0.392 e. The van der Waals surface area contributed by atoms with Gasteiger partial charge in [-0.15, -0.1) is 0 Å². The fraction of sp³-hybridized carbons (Fsp3) is 0.459. The van der Waals surface area contributed by atoms with Gasteiger partial charge in [0.15, 0.2) is 6.29 Å². The fourth-order valence-corrected chi connectivity index (χ4v) is 5.69. The van der Waals surface area contributed by atoms with E-state index in [0.29, 0.717) is 19.5 Å². The van der Waals surface area contributed by atoms with Crippen LogP contribution in [0.5, 0.6) is 0 Å². The van der Waals surface area contributed by atoms with E-state index in [4.69, 9.17) is 9.47 Å². The summed E-state index contributed by atoms with van der Waals surface area (Å²) in [5.74, 6) is 0.0917. The number of aliphatic hydroxyl groups is 1. The van der Waals surface area contributed by atoms with Gasteiger partial charge in [0.1, 0.15) is 0 Å². The Labute approximate surface area is 268 Å². The van der Waals surface area contributed by atoms with Crippen LogP contribution in [0.15, 0.2) is 78.9 Å². The second-order valence-corrected chi connectivity index (χ2v) is 12.2. The van der Waals surface area contributed by atoms with Gasteiger partial charge in [-0.3, -0.25) is 14.5 Å². The van der Waals surface area contributed by atoms with Crippen molar-refractivity contribution < 1.29 is 24.2 Å². The molecule has 0 saturated carbocycles. The van der Waals surface area contributed by atoms with Gasteiger partial charge in [0, 0.05) is 50.5 Å². The molecule has 2 amide bonds. The molecule has 1 saturated heterocycles. The van der Waals surface area contributed by atoms with Crippen molar-refractivity contribution in [2.24, 2.45) is 5.92 Å². The molecule has 8 heteroatoms. The van der Waals surface area contributed by atoms with Crippen molar-refractivity contribution in [2.45, 2.75) is 84.1 Å². The van der Waals surface area contributed by atoms with Crippen LogP contribution < -0.4 is 10.6 Å². The van der Waals surface area contributed by atoms with Crippen LogP contribution in [0.3, 0.4) is 0 Å². The van der Waals surface area contributed by atoms with E-state index in [1.165, 1.54) is 12.5 Å². The predicted molar refractivity (Wildman–Crippen MR) is 176 cm³/mol.